The van der Waals surface area contributed by atoms with E-state index in [-0.39, 0.29) is 35.0 Å². The Morgan fingerprint density at radius 3 is 2.47 bits per heavy atom. The lowest BCUT2D eigenvalue weighted by Gasteiger charge is -2.11. The van der Waals surface area contributed by atoms with Crippen molar-refractivity contribution < 1.29 is 18.0 Å². The maximum atomic E-state index is 12.5. The van der Waals surface area contributed by atoms with E-state index in [0.29, 0.717) is 0 Å². The molecule has 0 fully saturated rings. The molecule has 108 valence electrons. The minimum Gasteiger partial charge on any atom is -0.327 e. The molecule has 3 nitrogen and oxygen atoms in total. The number of nitrogens with one attached hydrogen (secondary N) is 1. The Balaban J connectivity index is 0.00000324. The summed E-state index contributed by atoms with van der Waals surface area (Å²) in [5.74, 6) is -0.420. The molecule has 0 saturated heterocycles. The standard InChI is InChI=1S/C11H12BrF3N2O.ClH/c1-6(16)2-10(18)17-9-4-7(11(13,14)15)3-8(12)5-9;/h3-6H,2,16H2,1H3,(H,17,18);1H. The van der Waals surface area contributed by atoms with Crippen LogP contribution in [0.15, 0.2) is 22.7 Å². The van der Waals surface area contributed by atoms with Gasteiger partial charge in [-0.05, 0) is 25.1 Å². The number of amides is 1. The molecule has 1 amide bonds. The van der Waals surface area contributed by atoms with Crippen LogP contribution in [0.5, 0.6) is 0 Å². The van der Waals surface area contributed by atoms with Crippen molar-refractivity contribution in [1.29, 1.82) is 0 Å². The van der Waals surface area contributed by atoms with Crippen molar-refractivity contribution in [2.75, 3.05) is 5.32 Å². The van der Waals surface area contributed by atoms with E-state index < -0.39 is 17.6 Å². The van der Waals surface area contributed by atoms with E-state index in [2.05, 4.69) is 21.2 Å². The van der Waals surface area contributed by atoms with Crippen molar-refractivity contribution in [2.45, 2.75) is 25.6 Å². The number of halogens is 5. The van der Waals surface area contributed by atoms with Gasteiger partial charge in [-0.2, -0.15) is 13.2 Å². The molecule has 1 aromatic carbocycles. The Morgan fingerprint density at radius 1 is 1.42 bits per heavy atom. The molecule has 1 rings (SSSR count). The van der Waals surface area contributed by atoms with Crippen LogP contribution in [-0.4, -0.2) is 11.9 Å². The molecule has 1 aromatic rings. The predicted molar refractivity (Wildman–Crippen MR) is 73.3 cm³/mol. The van der Waals surface area contributed by atoms with Crippen LogP contribution in [-0.2, 0) is 11.0 Å². The number of benzene rings is 1. The highest BCUT2D eigenvalue weighted by atomic mass is 79.9. The summed E-state index contributed by atoms with van der Waals surface area (Å²) in [6, 6.07) is 2.87. The van der Waals surface area contributed by atoms with Crippen LogP contribution in [0, 0.1) is 0 Å². The summed E-state index contributed by atoms with van der Waals surface area (Å²) in [5, 5.41) is 2.38. The van der Waals surface area contributed by atoms with Crippen LogP contribution < -0.4 is 11.1 Å². The Kier molecular flexibility index (Phi) is 6.82. The van der Waals surface area contributed by atoms with Crippen molar-refractivity contribution in [3.63, 3.8) is 0 Å². The fraction of sp³-hybridized carbons (Fsp3) is 0.364. The van der Waals surface area contributed by atoms with Crippen LogP contribution >= 0.6 is 28.3 Å². The van der Waals surface area contributed by atoms with Crippen molar-refractivity contribution in [1.82, 2.24) is 0 Å². The third-order valence-corrected chi connectivity index (χ3v) is 2.47. The van der Waals surface area contributed by atoms with E-state index in [0.717, 1.165) is 12.1 Å². The van der Waals surface area contributed by atoms with Crippen LogP contribution in [0.3, 0.4) is 0 Å². The smallest absolute Gasteiger partial charge is 0.327 e. The van der Waals surface area contributed by atoms with E-state index in [1.807, 2.05) is 0 Å². The second-order valence-electron chi connectivity index (χ2n) is 3.96. The quantitative estimate of drug-likeness (QED) is 0.865. The third kappa shape index (κ3) is 6.26. The summed E-state index contributed by atoms with van der Waals surface area (Å²) < 4.78 is 37.9. The highest BCUT2D eigenvalue weighted by Gasteiger charge is 2.31. The van der Waals surface area contributed by atoms with Gasteiger partial charge >= 0.3 is 6.18 Å². The van der Waals surface area contributed by atoms with Gasteiger partial charge in [0, 0.05) is 22.6 Å². The lowest BCUT2D eigenvalue weighted by Crippen LogP contribution is -2.24. The molecule has 0 aliphatic carbocycles. The molecule has 0 bridgehead atoms. The molecule has 1 atom stereocenters. The normalized spacial score (nSPS) is 12.5. The maximum Gasteiger partial charge on any atom is 0.416 e. The van der Waals surface area contributed by atoms with E-state index in [4.69, 9.17) is 5.73 Å². The second-order valence-corrected chi connectivity index (χ2v) is 4.87. The van der Waals surface area contributed by atoms with Crippen molar-refractivity contribution in [3.05, 3.63) is 28.2 Å². The monoisotopic (exact) mass is 360 g/mol. The molecule has 0 aliphatic heterocycles. The summed E-state index contributed by atoms with van der Waals surface area (Å²) in [4.78, 5) is 11.4. The summed E-state index contributed by atoms with van der Waals surface area (Å²) in [6.07, 6.45) is -4.40. The Morgan fingerprint density at radius 2 is 2.00 bits per heavy atom. The first kappa shape index (κ1) is 18.2. The van der Waals surface area contributed by atoms with Gasteiger partial charge < -0.3 is 11.1 Å². The molecule has 0 radical (unpaired) electrons. The first-order valence-electron chi connectivity index (χ1n) is 5.11. The van der Waals surface area contributed by atoms with Crippen molar-refractivity contribution >= 4 is 39.9 Å². The van der Waals surface area contributed by atoms with Gasteiger partial charge in [-0.1, -0.05) is 15.9 Å². The third-order valence-electron chi connectivity index (χ3n) is 2.02. The van der Waals surface area contributed by atoms with Crippen LogP contribution in [0.4, 0.5) is 18.9 Å². The Bertz CT molecular complexity index is 452. The zero-order valence-corrected chi connectivity index (χ0v) is 12.3. The Labute approximate surface area is 123 Å². The average Bonchev–Trinajstić information content (AvgIpc) is 2.13. The first-order chi connectivity index (χ1) is 8.18. The number of alkyl halides is 3. The number of anilines is 1. The SMILES string of the molecule is CC(N)CC(=O)Nc1cc(Br)cc(C(F)(F)F)c1.Cl. The predicted octanol–water partition coefficient (Wildman–Crippen LogP) is 3.57. The summed E-state index contributed by atoms with van der Waals surface area (Å²) in [7, 11) is 0. The summed E-state index contributed by atoms with van der Waals surface area (Å²) in [6.45, 7) is 1.64. The molecule has 0 saturated carbocycles. The molecule has 1 unspecified atom stereocenters. The van der Waals surface area contributed by atoms with Gasteiger partial charge in [0.15, 0.2) is 0 Å². The fourth-order valence-electron chi connectivity index (χ4n) is 1.33. The molecule has 19 heavy (non-hydrogen) atoms. The van der Waals surface area contributed by atoms with Gasteiger partial charge in [0.2, 0.25) is 5.91 Å². The van der Waals surface area contributed by atoms with Gasteiger partial charge in [0.05, 0.1) is 5.56 Å². The first-order valence-corrected chi connectivity index (χ1v) is 5.91. The van der Waals surface area contributed by atoms with Crippen molar-refractivity contribution in [2.24, 2.45) is 5.73 Å². The molecule has 0 aliphatic rings. The number of hydrogen-bond donors (Lipinski definition) is 2. The molecule has 3 N–H and O–H groups in total. The van der Waals surface area contributed by atoms with Crippen LogP contribution in [0.25, 0.3) is 0 Å². The highest BCUT2D eigenvalue weighted by Crippen LogP contribution is 2.33. The summed E-state index contributed by atoms with van der Waals surface area (Å²) in [5.41, 5.74) is 4.69. The van der Waals surface area contributed by atoms with E-state index in [1.165, 1.54) is 6.07 Å². The molecular weight excluding hydrogens is 348 g/mol. The molecule has 0 heterocycles. The van der Waals surface area contributed by atoms with Gasteiger partial charge in [0.1, 0.15) is 0 Å². The number of nitrogens with two attached hydrogens (primary N) is 1. The highest BCUT2D eigenvalue weighted by molar-refractivity contribution is 9.10. The fourth-order valence-corrected chi connectivity index (χ4v) is 1.82. The lowest BCUT2D eigenvalue weighted by atomic mass is 10.2. The van der Waals surface area contributed by atoms with Gasteiger partial charge in [-0.25, -0.2) is 0 Å². The van der Waals surface area contributed by atoms with Gasteiger partial charge in [0.25, 0.3) is 0 Å². The van der Waals surface area contributed by atoms with E-state index in [9.17, 15) is 18.0 Å². The summed E-state index contributed by atoms with van der Waals surface area (Å²) >= 11 is 2.97. The lowest BCUT2D eigenvalue weighted by molar-refractivity contribution is -0.137. The second kappa shape index (κ2) is 7.12. The zero-order valence-electron chi connectivity index (χ0n) is 9.92. The largest absolute Gasteiger partial charge is 0.416 e. The van der Waals surface area contributed by atoms with Crippen LogP contribution in [0.2, 0.25) is 0 Å². The Hall–Kier alpha value is -0.790. The molecule has 8 heteroatoms. The number of rotatable bonds is 3. The van der Waals surface area contributed by atoms with Gasteiger partial charge in [-0.3, -0.25) is 4.79 Å². The van der Waals surface area contributed by atoms with E-state index in [1.54, 1.807) is 6.92 Å². The average molecular weight is 362 g/mol. The number of carbonyl (C=O) groups is 1. The molecule has 0 aromatic heterocycles. The number of carbonyl (C=O) groups excluding carboxylic acids is 1. The van der Waals surface area contributed by atoms with Gasteiger partial charge in [-0.15, -0.1) is 12.4 Å². The molecular formula is C11H13BrClF3N2O. The maximum absolute atomic E-state index is 12.5. The van der Waals surface area contributed by atoms with E-state index >= 15 is 0 Å². The zero-order chi connectivity index (χ0) is 13.9. The number of hydrogen-bond acceptors (Lipinski definition) is 2. The minimum atomic E-state index is -4.45. The van der Waals surface area contributed by atoms with Crippen molar-refractivity contribution in [3.8, 4) is 0 Å². The van der Waals surface area contributed by atoms with Crippen LogP contribution in [0.1, 0.15) is 18.9 Å². The topological polar surface area (TPSA) is 55.1 Å². The molecule has 0 spiro atoms. The minimum absolute atomic E-state index is 0.